The Morgan fingerprint density at radius 2 is 1.62 bits per heavy atom. The van der Waals surface area contributed by atoms with E-state index in [1.165, 1.54) is 36.6 Å². The summed E-state index contributed by atoms with van der Waals surface area (Å²) in [5.41, 5.74) is 5.93. The van der Waals surface area contributed by atoms with E-state index in [1.54, 1.807) is 24.3 Å². The summed E-state index contributed by atoms with van der Waals surface area (Å²) >= 11 is 1.03. The van der Waals surface area contributed by atoms with E-state index in [0.717, 1.165) is 56.4 Å². The van der Waals surface area contributed by atoms with Crippen LogP contribution < -0.4 is 36.5 Å². The number of unbranched alkanes of at least 4 members (excludes halogenated alkanes) is 4. The van der Waals surface area contributed by atoms with Gasteiger partial charge in [0.05, 0.1) is 10.9 Å². The highest BCUT2D eigenvalue weighted by Gasteiger charge is 2.39. The van der Waals surface area contributed by atoms with Gasteiger partial charge in [0.15, 0.2) is 12.7 Å². The van der Waals surface area contributed by atoms with E-state index >= 15 is 0 Å². The summed E-state index contributed by atoms with van der Waals surface area (Å²) in [6.45, 7) is 12.6. The fraction of sp³-hybridized carbons (Fsp3) is 0.577. The average Bonchev–Trinajstić information content (AvgIpc) is 3.86. The summed E-state index contributed by atoms with van der Waals surface area (Å²) in [4.78, 5) is 98.4. The zero-order valence-corrected chi connectivity index (χ0v) is 45.5. The zero-order valence-electron chi connectivity index (χ0n) is 43.9. The third-order valence-electron chi connectivity index (χ3n) is 12.9. The number of benzene rings is 2. The Balaban J connectivity index is 1.37. The highest BCUT2D eigenvalue weighted by atomic mass is 32.2. The standard InChI is InChI=1S/C52H77N9O11S2/c1-8-10-11-15-29-61(51(67)47(35(5)9-2)58-49(66)42-17-13-16-28-60(42)7)43(34(3)4)30-44(72-36(6)62)50-57-41(33-73-50)48(65)59-74(69,70)40-25-19-37(20-26-40)31-55-46(64)32-71-39-23-21-38(22-24-39)56-45(63)18-12-14-27-54-52(53)68/h19-26,33-35,42-44,47H,8-18,27-32H2,1-7H3,(H,55,64)(H,56,63)(H,58,66)(H,59,65)(H3,53,54,68)/t35-,42+,43+,44+,47-/m0/s1. The van der Waals surface area contributed by atoms with Crippen LogP contribution in [-0.4, -0.2) is 116 Å². The van der Waals surface area contributed by atoms with Crippen molar-refractivity contribution < 1.29 is 51.5 Å². The molecule has 7 amide bonds. The molecule has 3 aromatic rings. The number of hydrogen-bond acceptors (Lipinski definition) is 14. The van der Waals surface area contributed by atoms with Gasteiger partial charge in [-0.3, -0.25) is 33.7 Å². The first kappa shape index (κ1) is 60.4. The lowest BCUT2D eigenvalue weighted by Crippen LogP contribution is -2.59. The van der Waals surface area contributed by atoms with Crippen molar-refractivity contribution >= 4 is 68.6 Å². The van der Waals surface area contributed by atoms with E-state index in [0.29, 0.717) is 55.8 Å². The molecule has 0 aliphatic carbocycles. The molecule has 20 nitrogen and oxygen atoms in total. The van der Waals surface area contributed by atoms with Crippen LogP contribution in [0.25, 0.3) is 0 Å². The number of likely N-dealkylation sites (N-methyl/N-ethyl adjacent to an activating group) is 1. The lowest BCUT2D eigenvalue weighted by atomic mass is 9.91. The van der Waals surface area contributed by atoms with Gasteiger partial charge in [-0.15, -0.1) is 11.3 Å². The van der Waals surface area contributed by atoms with Gasteiger partial charge in [-0.2, -0.15) is 0 Å². The fourth-order valence-corrected chi connectivity index (χ4v) is 10.3. The number of hydrogen-bond donors (Lipinski definition) is 6. The molecule has 74 heavy (non-hydrogen) atoms. The minimum Gasteiger partial charge on any atom is -0.484 e. The molecule has 2 aromatic carbocycles. The van der Waals surface area contributed by atoms with Crippen LogP contribution in [0.5, 0.6) is 5.75 Å². The molecule has 7 N–H and O–H groups in total. The molecule has 0 radical (unpaired) electrons. The summed E-state index contributed by atoms with van der Waals surface area (Å²) in [7, 11) is -2.46. The Hall–Kier alpha value is -6.13. The molecular formula is C52H77N9O11S2. The van der Waals surface area contributed by atoms with Gasteiger partial charge in [0, 0.05) is 56.5 Å². The van der Waals surface area contributed by atoms with Crippen molar-refractivity contribution in [1.29, 1.82) is 0 Å². The number of amides is 7. The number of ether oxygens (including phenoxy) is 2. The molecule has 1 fully saturated rings. The minimum absolute atomic E-state index is 0.0548. The van der Waals surface area contributed by atoms with Crippen LogP contribution >= 0.6 is 11.3 Å². The number of esters is 1. The van der Waals surface area contributed by atoms with E-state index in [2.05, 4.69) is 37.9 Å². The Kier molecular flexibility index (Phi) is 24.7. The number of aromatic nitrogens is 1. The van der Waals surface area contributed by atoms with E-state index in [4.69, 9.17) is 15.2 Å². The smallest absolute Gasteiger partial charge is 0.312 e. The first-order chi connectivity index (χ1) is 35.2. The Labute approximate surface area is 440 Å². The molecule has 1 aliphatic rings. The first-order valence-electron chi connectivity index (χ1n) is 25.6. The van der Waals surface area contributed by atoms with Gasteiger partial charge < -0.3 is 41.4 Å². The molecule has 1 aliphatic heterocycles. The molecule has 0 bridgehead atoms. The van der Waals surface area contributed by atoms with Crippen molar-refractivity contribution in [3.8, 4) is 5.75 Å². The average molecular weight is 1070 g/mol. The predicted molar refractivity (Wildman–Crippen MR) is 282 cm³/mol. The molecule has 2 heterocycles. The second-order valence-corrected chi connectivity index (χ2v) is 21.7. The van der Waals surface area contributed by atoms with Gasteiger partial charge >= 0.3 is 12.0 Å². The van der Waals surface area contributed by atoms with Gasteiger partial charge in [-0.1, -0.05) is 78.9 Å². The van der Waals surface area contributed by atoms with Gasteiger partial charge in [-0.25, -0.2) is 22.9 Å². The second kappa shape index (κ2) is 30.3. The van der Waals surface area contributed by atoms with Crippen molar-refractivity contribution in [2.24, 2.45) is 17.6 Å². The van der Waals surface area contributed by atoms with Crippen molar-refractivity contribution in [2.45, 2.75) is 154 Å². The molecular weight excluding hydrogens is 991 g/mol. The summed E-state index contributed by atoms with van der Waals surface area (Å²) in [5.74, 6) is -2.52. The van der Waals surface area contributed by atoms with Gasteiger partial charge in [-0.05, 0) is 99.5 Å². The molecule has 0 unspecified atom stereocenters. The van der Waals surface area contributed by atoms with E-state index < -0.39 is 52.0 Å². The van der Waals surface area contributed by atoms with Crippen molar-refractivity contribution in [3.63, 3.8) is 0 Å². The minimum atomic E-state index is -4.39. The first-order valence-corrected chi connectivity index (χ1v) is 28.0. The van der Waals surface area contributed by atoms with Gasteiger partial charge in [0.2, 0.25) is 17.7 Å². The number of carbonyl (C=O) groups is 7. The third kappa shape index (κ3) is 19.6. The molecule has 22 heteroatoms. The predicted octanol–water partition coefficient (Wildman–Crippen LogP) is 6.18. The molecule has 1 aromatic heterocycles. The number of urea groups is 1. The number of anilines is 1. The van der Waals surface area contributed by atoms with Crippen LogP contribution in [0.1, 0.15) is 146 Å². The molecule has 4 rings (SSSR count). The van der Waals surface area contributed by atoms with Crippen molar-refractivity contribution in [1.82, 2.24) is 35.5 Å². The van der Waals surface area contributed by atoms with Gasteiger partial charge in [0.1, 0.15) is 22.5 Å². The maximum atomic E-state index is 14.9. The Morgan fingerprint density at radius 1 is 0.905 bits per heavy atom. The van der Waals surface area contributed by atoms with Gasteiger partial charge in [0.25, 0.3) is 21.8 Å². The lowest BCUT2D eigenvalue weighted by Gasteiger charge is -2.40. The summed E-state index contributed by atoms with van der Waals surface area (Å²) in [5, 5.41) is 12.7. The number of nitrogens with one attached hydrogen (secondary N) is 5. The number of primary amides is 1. The molecule has 5 atom stereocenters. The van der Waals surface area contributed by atoms with Crippen LogP contribution in [0.15, 0.2) is 58.8 Å². The number of nitrogens with zero attached hydrogens (tertiary/aromatic N) is 3. The van der Waals surface area contributed by atoms with Crippen LogP contribution in [0.4, 0.5) is 10.5 Å². The lowest BCUT2D eigenvalue weighted by molar-refractivity contribution is -0.149. The number of sulfonamides is 1. The number of likely N-dealkylation sites (tertiary alicyclic amines) is 1. The van der Waals surface area contributed by atoms with E-state index in [-0.39, 0.29) is 77.2 Å². The third-order valence-corrected chi connectivity index (χ3v) is 15.2. The second-order valence-electron chi connectivity index (χ2n) is 19.1. The largest absolute Gasteiger partial charge is 0.484 e. The Bertz CT molecular complexity index is 2430. The Morgan fingerprint density at radius 3 is 2.26 bits per heavy atom. The SMILES string of the molecule is CCCCCCN(C(=O)[C@@H](NC(=O)[C@H]1CCCCN1C)[C@@H](C)CC)[C@H](C[C@@H](OC(C)=O)c1nc(C(=O)NS(=O)(=O)c2ccc(CNC(=O)COc3ccc(NC(=O)CCCCNC(N)=O)cc3)cc2)cs1)C(C)C. The number of nitrogens with two attached hydrogens (primary N) is 1. The van der Waals surface area contributed by atoms with E-state index in [1.807, 2.05) is 44.5 Å². The molecule has 0 spiro atoms. The van der Waals surface area contributed by atoms with Crippen LogP contribution in [-0.2, 0) is 45.3 Å². The molecule has 408 valence electrons. The number of thiazole rings is 1. The normalized spacial score (nSPS) is 15.4. The van der Waals surface area contributed by atoms with Crippen LogP contribution in [0.2, 0.25) is 0 Å². The highest BCUT2D eigenvalue weighted by molar-refractivity contribution is 7.90. The number of rotatable bonds is 30. The maximum Gasteiger partial charge on any atom is 0.312 e. The maximum absolute atomic E-state index is 14.9. The van der Waals surface area contributed by atoms with Crippen molar-refractivity contribution in [3.05, 3.63) is 70.2 Å². The molecule has 1 saturated heterocycles. The zero-order chi connectivity index (χ0) is 54.4. The highest BCUT2D eigenvalue weighted by Crippen LogP contribution is 2.32. The van der Waals surface area contributed by atoms with Crippen LogP contribution in [0, 0.1) is 11.8 Å². The number of piperidine rings is 1. The summed E-state index contributed by atoms with van der Waals surface area (Å²) in [6, 6.07) is 9.86. The monoisotopic (exact) mass is 1070 g/mol. The summed E-state index contributed by atoms with van der Waals surface area (Å²) in [6.07, 6.45) is 7.50. The number of carbonyl (C=O) groups excluding carboxylic acids is 7. The van der Waals surface area contributed by atoms with Crippen LogP contribution in [0.3, 0.4) is 0 Å². The summed E-state index contributed by atoms with van der Waals surface area (Å²) < 4.78 is 40.3. The fourth-order valence-electron chi connectivity index (χ4n) is 8.48. The van der Waals surface area contributed by atoms with E-state index in [9.17, 15) is 42.0 Å². The topological polar surface area (TPSA) is 278 Å². The molecule has 0 saturated carbocycles. The van der Waals surface area contributed by atoms with Crippen molar-refractivity contribution in [2.75, 3.05) is 38.6 Å². The quantitative estimate of drug-likeness (QED) is 0.0322.